The predicted octanol–water partition coefficient (Wildman–Crippen LogP) is 5.98. The molecule has 0 aromatic heterocycles. The SMILES string of the molecule is CC.CC(C)C.CC(C)C1=C(C(C)C)N(C(C)C)C(=O)C=CO1. The number of allylic oxidation sites excluding steroid dienone is 2. The number of nitrogens with zero attached hydrogens (tertiary/aromatic N) is 1. The fourth-order valence-electron chi connectivity index (χ4n) is 2.07. The van der Waals surface area contributed by atoms with E-state index in [1.54, 1.807) is 0 Å². The maximum Gasteiger partial charge on any atom is 0.254 e. The number of carbonyl (C=O) groups is 1. The topological polar surface area (TPSA) is 29.5 Å². The fourth-order valence-corrected chi connectivity index (χ4v) is 2.07. The van der Waals surface area contributed by atoms with Gasteiger partial charge in [0.25, 0.3) is 5.91 Å². The molecular weight excluding hydrogens is 286 g/mol. The Morgan fingerprint density at radius 3 is 1.61 bits per heavy atom. The molecule has 3 heteroatoms. The average Bonchev–Trinajstić information content (AvgIpc) is 2.59. The lowest BCUT2D eigenvalue weighted by atomic mass is 10.0. The zero-order valence-corrected chi connectivity index (χ0v) is 17.2. The van der Waals surface area contributed by atoms with E-state index in [-0.39, 0.29) is 23.8 Å². The first-order valence-electron chi connectivity index (χ1n) is 8.99. The van der Waals surface area contributed by atoms with E-state index in [0.717, 1.165) is 17.4 Å². The minimum atomic E-state index is -0.000602. The van der Waals surface area contributed by atoms with Crippen LogP contribution in [-0.4, -0.2) is 16.8 Å². The molecular formula is C20H39NO2. The monoisotopic (exact) mass is 325 g/mol. The van der Waals surface area contributed by atoms with Gasteiger partial charge in [-0.25, -0.2) is 0 Å². The Balaban J connectivity index is 0. The molecule has 0 aromatic rings. The molecule has 136 valence electrons. The molecule has 0 atom stereocenters. The quantitative estimate of drug-likeness (QED) is 0.639. The van der Waals surface area contributed by atoms with E-state index in [0.29, 0.717) is 0 Å². The predicted molar refractivity (Wildman–Crippen MR) is 101 cm³/mol. The summed E-state index contributed by atoms with van der Waals surface area (Å²) < 4.78 is 5.63. The van der Waals surface area contributed by atoms with Crippen molar-refractivity contribution in [1.82, 2.24) is 4.90 Å². The highest BCUT2D eigenvalue weighted by Crippen LogP contribution is 2.29. The smallest absolute Gasteiger partial charge is 0.254 e. The van der Waals surface area contributed by atoms with E-state index < -0.39 is 0 Å². The van der Waals surface area contributed by atoms with Gasteiger partial charge in [-0.2, -0.15) is 0 Å². The van der Waals surface area contributed by atoms with Crippen LogP contribution in [0.3, 0.4) is 0 Å². The van der Waals surface area contributed by atoms with Crippen LogP contribution in [0, 0.1) is 17.8 Å². The van der Waals surface area contributed by atoms with Crippen LogP contribution in [0.25, 0.3) is 0 Å². The summed E-state index contributed by atoms with van der Waals surface area (Å²) in [4.78, 5) is 13.9. The molecule has 0 fully saturated rings. The van der Waals surface area contributed by atoms with Crippen molar-refractivity contribution in [2.24, 2.45) is 17.8 Å². The first-order chi connectivity index (χ1) is 10.6. The minimum Gasteiger partial charge on any atom is -0.467 e. The van der Waals surface area contributed by atoms with Crippen LogP contribution < -0.4 is 0 Å². The zero-order chi connectivity index (χ0) is 18.7. The molecule has 0 saturated heterocycles. The fraction of sp³-hybridized carbons (Fsp3) is 0.750. The van der Waals surface area contributed by atoms with Crippen molar-refractivity contribution in [2.75, 3.05) is 0 Å². The van der Waals surface area contributed by atoms with Gasteiger partial charge in [-0.05, 0) is 25.7 Å². The van der Waals surface area contributed by atoms with Gasteiger partial charge in [0.2, 0.25) is 0 Å². The highest BCUT2D eigenvalue weighted by Gasteiger charge is 2.28. The largest absolute Gasteiger partial charge is 0.467 e. The van der Waals surface area contributed by atoms with Gasteiger partial charge in [-0.1, -0.05) is 62.3 Å². The summed E-state index contributed by atoms with van der Waals surface area (Å²) in [5.41, 5.74) is 1.00. The molecule has 0 spiro atoms. The summed E-state index contributed by atoms with van der Waals surface area (Å²) in [6.07, 6.45) is 3.00. The number of ether oxygens (including phenoxy) is 1. The number of rotatable bonds is 3. The Labute approximate surface area is 144 Å². The van der Waals surface area contributed by atoms with E-state index in [1.807, 2.05) is 32.6 Å². The molecule has 23 heavy (non-hydrogen) atoms. The van der Waals surface area contributed by atoms with E-state index >= 15 is 0 Å². The van der Waals surface area contributed by atoms with Gasteiger partial charge in [0.1, 0.15) is 5.76 Å². The van der Waals surface area contributed by atoms with Gasteiger partial charge in [-0.3, -0.25) is 4.79 Å². The zero-order valence-electron chi connectivity index (χ0n) is 17.2. The normalized spacial score (nSPS) is 14.6. The molecule has 1 amide bonds. The van der Waals surface area contributed by atoms with Gasteiger partial charge in [0.05, 0.1) is 12.0 Å². The van der Waals surface area contributed by atoms with Crippen molar-refractivity contribution in [1.29, 1.82) is 0 Å². The Kier molecular flexibility index (Phi) is 12.7. The van der Waals surface area contributed by atoms with Gasteiger partial charge in [0, 0.05) is 18.0 Å². The minimum absolute atomic E-state index is 0.000602. The van der Waals surface area contributed by atoms with Crippen molar-refractivity contribution >= 4 is 5.91 Å². The molecule has 1 rings (SSSR count). The number of carbonyl (C=O) groups excluding carboxylic acids is 1. The van der Waals surface area contributed by atoms with Crippen LogP contribution in [0.1, 0.15) is 76.2 Å². The summed E-state index contributed by atoms with van der Waals surface area (Å²) in [6.45, 7) is 22.9. The van der Waals surface area contributed by atoms with Crippen LogP contribution in [-0.2, 0) is 9.53 Å². The van der Waals surface area contributed by atoms with E-state index in [2.05, 4.69) is 48.5 Å². The van der Waals surface area contributed by atoms with Gasteiger partial charge >= 0.3 is 0 Å². The Morgan fingerprint density at radius 1 is 0.870 bits per heavy atom. The second-order valence-corrected chi connectivity index (χ2v) is 7.01. The van der Waals surface area contributed by atoms with Crippen LogP contribution in [0.4, 0.5) is 0 Å². The first kappa shape index (κ1) is 24.0. The standard InChI is InChI=1S/C14H23NO2.C4H10.C2H6/c1-9(2)13-14(10(3)4)17-8-7-12(16)15(13)11(5)6;1-4(2)3;1-2/h7-11H,1-6H3;4H,1-3H3;1-2H3. The van der Waals surface area contributed by atoms with Crippen LogP contribution in [0.2, 0.25) is 0 Å². The number of hydrogen-bond acceptors (Lipinski definition) is 2. The summed E-state index contributed by atoms with van der Waals surface area (Å²) in [5.74, 6) is 2.26. The van der Waals surface area contributed by atoms with E-state index in [1.165, 1.54) is 12.3 Å². The molecule has 0 bridgehead atoms. The second-order valence-electron chi connectivity index (χ2n) is 7.01. The molecule has 0 unspecified atom stereocenters. The van der Waals surface area contributed by atoms with Crippen LogP contribution in [0.5, 0.6) is 0 Å². The number of hydrogen-bond donors (Lipinski definition) is 0. The highest BCUT2D eigenvalue weighted by molar-refractivity contribution is 5.89. The highest BCUT2D eigenvalue weighted by atomic mass is 16.5. The summed E-state index contributed by atoms with van der Waals surface area (Å²) in [7, 11) is 0. The average molecular weight is 326 g/mol. The lowest BCUT2D eigenvalue weighted by Gasteiger charge is -2.31. The maximum atomic E-state index is 12.1. The first-order valence-corrected chi connectivity index (χ1v) is 8.99. The van der Waals surface area contributed by atoms with Crippen molar-refractivity contribution in [2.45, 2.75) is 82.2 Å². The third-order valence-corrected chi connectivity index (χ3v) is 2.74. The molecule has 0 aromatic carbocycles. The van der Waals surface area contributed by atoms with Crippen molar-refractivity contribution in [3.63, 3.8) is 0 Å². The summed E-state index contributed by atoms with van der Waals surface area (Å²) in [6, 6.07) is 0.139. The van der Waals surface area contributed by atoms with Gasteiger partial charge in [0.15, 0.2) is 0 Å². The lowest BCUT2D eigenvalue weighted by molar-refractivity contribution is -0.126. The summed E-state index contributed by atoms with van der Waals surface area (Å²) in [5, 5.41) is 0. The molecule has 1 aliphatic rings. The Hall–Kier alpha value is -1.25. The molecule has 0 N–H and O–H groups in total. The van der Waals surface area contributed by atoms with Gasteiger partial charge in [-0.15, -0.1) is 0 Å². The lowest BCUT2D eigenvalue weighted by Crippen LogP contribution is -2.37. The Bertz CT molecular complexity index is 388. The van der Waals surface area contributed by atoms with Crippen molar-refractivity contribution < 1.29 is 9.53 Å². The third-order valence-electron chi connectivity index (χ3n) is 2.74. The third kappa shape index (κ3) is 8.83. The number of amides is 1. The molecule has 0 saturated carbocycles. The molecule has 1 heterocycles. The van der Waals surface area contributed by atoms with Crippen LogP contribution >= 0.6 is 0 Å². The summed E-state index contributed by atoms with van der Waals surface area (Å²) >= 11 is 0. The van der Waals surface area contributed by atoms with Crippen molar-refractivity contribution in [3.05, 3.63) is 23.8 Å². The van der Waals surface area contributed by atoms with E-state index in [9.17, 15) is 4.79 Å². The van der Waals surface area contributed by atoms with Crippen molar-refractivity contribution in [3.8, 4) is 0 Å². The van der Waals surface area contributed by atoms with E-state index in [4.69, 9.17) is 4.74 Å². The Morgan fingerprint density at radius 2 is 1.30 bits per heavy atom. The van der Waals surface area contributed by atoms with Gasteiger partial charge < -0.3 is 9.64 Å². The molecule has 0 radical (unpaired) electrons. The van der Waals surface area contributed by atoms with Crippen LogP contribution in [0.15, 0.2) is 23.8 Å². The molecule has 1 aliphatic heterocycles. The second kappa shape index (κ2) is 12.2. The maximum absolute atomic E-state index is 12.1. The molecule has 0 aliphatic carbocycles. The molecule has 3 nitrogen and oxygen atoms in total.